The first-order chi connectivity index (χ1) is 19.1. The van der Waals surface area contributed by atoms with Crippen LogP contribution in [0.3, 0.4) is 0 Å². The number of benzene rings is 3. The number of hydrogen-bond donors (Lipinski definition) is 2. The third kappa shape index (κ3) is 8.23. The Hall–Kier alpha value is -3.54. The van der Waals surface area contributed by atoms with Gasteiger partial charge < -0.3 is 15.1 Å². The molecule has 3 atom stereocenters. The average molecular weight is 561 g/mol. The molecule has 3 aromatic carbocycles. The van der Waals surface area contributed by atoms with Gasteiger partial charge in [0.05, 0.1) is 0 Å². The summed E-state index contributed by atoms with van der Waals surface area (Å²) in [5.74, 6) is -0.828. The summed E-state index contributed by atoms with van der Waals surface area (Å²) in [6.07, 6.45) is 4.65. The van der Waals surface area contributed by atoms with Crippen molar-refractivity contribution in [3.05, 3.63) is 96.1 Å². The molecule has 0 aliphatic heterocycles. The molecule has 2 N–H and O–H groups in total. The van der Waals surface area contributed by atoms with Gasteiger partial charge in [-0.1, -0.05) is 88.3 Å². The van der Waals surface area contributed by atoms with Gasteiger partial charge in [-0.25, -0.2) is 0 Å². The van der Waals surface area contributed by atoms with Gasteiger partial charge in [-0.05, 0) is 48.2 Å². The van der Waals surface area contributed by atoms with Crippen LogP contribution in [0.2, 0.25) is 0 Å². The molecule has 212 valence electrons. The van der Waals surface area contributed by atoms with Crippen molar-refractivity contribution in [3.8, 4) is 0 Å². The third-order valence-electron chi connectivity index (χ3n) is 7.26. The molecule has 0 aliphatic carbocycles. The minimum absolute atomic E-state index is 0.196. The van der Waals surface area contributed by atoms with Crippen LogP contribution in [0.1, 0.15) is 31.4 Å². The first-order valence-corrected chi connectivity index (χ1v) is 14.0. The molecule has 3 rings (SSSR count). The smallest absolute Gasteiger partial charge is 0.246 e. The Balaban J connectivity index is 1.92. The zero-order valence-corrected chi connectivity index (χ0v) is 25.2. The molecular weight excluding hydrogens is 519 g/mol. The molecule has 0 aliphatic rings. The van der Waals surface area contributed by atoms with Crippen LogP contribution in [0, 0.1) is 0 Å². The molecule has 0 radical (unpaired) electrons. The number of carbonyl (C=O) groups is 3. The molecule has 1 unspecified atom stereocenters. The molecule has 0 spiro atoms. The summed E-state index contributed by atoms with van der Waals surface area (Å²) in [6.45, 7) is 4.07. The number of rotatable bonds is 12. The fraction of sp³-hybridized carbons (Fsp3) is 0.344. The number of hydrogen-bond acceptors (Lipinski definition) is 4. The summed E-state index contributed by atoms with van der Waals surface area (Å²) in [5.41, 5.74) is 1.68. The van der Waals surface area contributed by atoms with Gasteiger partial charge in [0.25, 0.3) is 0 Å². The Kier molecular flexibility index (Phi) is 11.0. The molecule has 0 fully saturated rings. The number of fused-ring (bicyclic) bond motifs is 1. The fourth-order valence-electron chi connectivity index (χ4n) is 4.56. The highest BCUT2D eigenvalue weighted by Gasteiger charge is 2.34. The van der Waals surface area contributed by atoms with E-state index in [9.17, 15) is 14.4 Å². The first-order valence-electron chi connectivity index (χ1n) is 13.5. The van der Waals surface area contributed by atoms with Crippen molar-refractivity contribution in [1.82, 2.24) is 20.2 Å². The fourth-order valence-corrected chi connectivity index (χ4v) is 4.68. The lowest BCUT2D eigenvalue weighted by molar-refractivity contribution is -0.146. The maximum absolute atomic E-state index is 14.1. The van der Waals surface area contributed by atoms with Crippen LogP contribution in [0.4, 0.5) is 0 Å². The van der Waals surface area contributed by atoms with E-state index < -0.39 is 12.1 Å². The number of nitrogens with zero attached hydrogens (tertiary/aromatic N) is 2. The van der Waals surface area contributed by atoms with Crippen LogP contribution >= 0.6 is 9.39 Å². The highest BCUT2D eigenvalue weighted by molar-refractivity contribution is 7.13. The van der Waals surface area contributed by atoms with Crippen molar-refractivity contribution >= 4 is 37.9 Å². The van der Waals surface area contributed by atoms with Gasteiger partial charge in [0.2, 0.25) is 17.7 Å². The molecule has 0 saturated heterocycles. The summed E-state index contributed by atoms with van der Waals surface area (Å²) in [4.78, 5) is 43.3. The normalized spacial score (nSPS) is 13.2. The largest absolute Gasteiger partial charge is 0.357 e. The monoisotopic (exact) mass is 560 g/mol. The van der Waals surface area contributed by atoms with Crippen molar-refractivity contribution in [2.75, 3.05) is 21.1 Å². The molecule has 0 bridgehead atoms. The minimum atomic E-state index is -0.806. The van der Waals surface area contributed by atoms with Crippen molar-refractivity contribution in [3.63, 3.8) is 0 Å². The van der Waals surface area contributed by atoms with Crippen LogP contribution in [-0.2, 0) is 27.2 Å². The zero-order chi connectivity index (χ0) is 29.3. The van der Waals surface area contributed by atoms with E-state index in [4.69, 9.17) is 0 Å². The predicted octanol–water partition coefficient (Wildman–Crippen LogP) is 4.13. The average Bonchev–Trinajstić information content (AvgIpc) is 2.97. The van der Waals surface area contributed by atoms with E-state index in [2.05, 4.69) is 25.9 Å². The van der Waals surface area contributed by atoms with Crippen LogP contribution < -0.4 is 10.4 Å². The molecule has 0 saturated carbocycles. The van der Waals surface area contributed by atoms with Gasteiger partial charge in [-0.15, -0.1) is 0 Å². The molecule has 3 aromatic rings. The lowest BCUT2D eigenvalue weighted by Crippen LogP contribution is -2.55. The Labute approximate surface area is 240 Å². The van der Waals surface area contributed by atoms with Gasteiger partial charge in [-0.3, -0.25) is 19.5 Å². The lowest BCUT2D eigenvalue weighted by atomic mass is 9.98. The summed E-state index contributed by atoms with van der Waals surface area (Å²) >= 11 is 0. The molecule has 40 heavy (non-hydrogen) atoms. The number of likely N-dealkylation sites (N-methyl/N-ethyl adjacent to an activating group) is 3. The Bertz CT molecular complexity index is 1340. The summed E-state index contributed by atoms with van der Waals surface area (Å²) in [7, 11) is 7.35. The van der Waals surface area contributed by atoms with Gasteiger partial charge >= 0.3 is 0 Å². The molecule has 8 heteroatoms. The Morgan fingerprint density at radius 1 is 0.850 bits per heavy atom. The number of nitrogens with one attached hydrogen (secondary N) is 2. The SMILES string of the molecule is CNC(=O)[C@@H](Cc1ccccc1)N(C)C(=O)[C@@H](Cc1ccc2ccccc2c1)N(C)C(=O)C=CCC(C)(C)NP. The topological polar surface area (TPSA) is 81.8 Å². The summed E-state index contributed by atoms with van der Waals surface area (Å²) in [6, 6.07) is 22.2. The minimum Gasteiger partial charge on any atom is -0.357 e. The van der Waals surface area contributed by atoms with Gasteiger partial charge in [0.15, 0.2) is 0 Å². The van der Waals surface area contributed by atoms with Crippen LogP contribution in [0.15, 0.2) is 84.9 Å². The highest BCUT2D eigenvalue weighted by atomic mass is 31.0. The van der Waals surface area contributed by atoms with E-state index in [1.165, 1.54) is 15.9 Å². The number of carbonyl (C=O) groups excluding carboxylic acids is 3. The summed E-state index contributed by atoms with van der Waals surface area (Å²) < 4.78 is 0. The highest BCUT2D eigenvalue weighted by Crippen LogP contribution is 2.20. The second-order valence-electron chi connectivity index (χ2n) is 10.8. The molecule has 7 nitrogen and oxygen atoms in total. The maximum atomic E-state index is 14.1. The number of amides is 3. The predicted molar refractivity (Wildman–Crippen MR) is 166 cm³/mol. The second-order valence-corrected chi connectivity index (χ2v) is 11.0. The Morgan fingerprint density at radius 2 is 1.48 bits per heavy atom. The van der Waals surface area contributed by atoms with Gasteiger partial charge in [0, 0.05) is 39.5 Å². The third-order valence-corrected chi connectivity index (χ3v) is 8.04. The van der Waals surface area contributed by atoms with Gasteiger partial charge in [-0.2, -0.15) is 0 Å². The molecular formula is C32H41N4O3P. The van der Waals surface area contributed by atoms with E-state index in [1.54, 1.807) is 21.1 Å². The van der Waals surface area contributed by atoms with E-state index in [1.807, 2.05) is 86.7 Å². The van der Waals surface area contributed by atoms with E-state index >= 15 is 0 Å². The molecule has 0 aromatic heterocycles. The quantitative estimate of drug-likeness (QED) is 0.258. The standard InChI is InChI=1S/C32H41N4O3P/c1-32(2,34-40)19-11-16-29(37)35(4)28(22-24-17-18-25-14-9-10-15-26(25)20-24)31(39)36(5)27(30(38)33-3)21-23-12-7-6-8-13-23/h6-18,20,27-28,34H,19,21-22,40H2,1-5H3,(H,33,38)/t27-,28-/m1/s1. The first kappa shape index (κ1) is 31.0. The van der Waals surface area contributed by atoms with E-state index in [0.717, 1.165) is 21.9 Å². The van der Waals surface area contributed by atoms with Crippen LogP contribution in [0.25, 0.3) is 10.8 Å². The van der Waals surface area contributed by atoms with E-state index in [-0.39, 0.29) is 23.3 Å². The Morgan fingerprint density at radius 3 is 2.12 bits per heavy atom. The second kappa shape index (κ2) is 14.2. The van der Waals surface area contributed by atoms with E-state index in [0.29, 0.717) is 19.3 Å². The zero-order valence-electron chi connectivity index (χ0n) is 24.1. The molecule has 3 amide bonds. The van der Waals surface area contributed by atoms with Crippen molar-refractivity contribution in [2.45, 2.75) is 50.7 Å². The lowest BCUT2D eigenvalue weighted by Gasteiger charge is -2.34. The van der Waals surface area contributed by atoms with Crippen LogP contribution in [-0.4, -0.2) is 66.3 Å². The van der Waals surface area contributed by atoms with Crippen LogP contribution in [0.5, 0.6) is 0 Å². The van der Waals surface area contributed by atoms with Crippen molar-refractivity contribution in [1.29, 1.82) is 0 Å². The summed E-state index contributed by atoms with van der Waals surface area (Å²) in [5, 5.41) is 8.00. The van der Waals surface area contributed by atoms with Crippen molar-refractivity contribution in [2.24, 2.45) is 0 Å². The maximum Gasteiger partial charge on any atom is 0.246 e. The van der Waals surface area contributed by atoms with Crippen molar-refractivity contribution < 1.29 is 14.4 Å². The molecule has 0 heterocycles. The van der Waals surface area contributed by atoms with Gasteiger partial charge in [0.1, 0.15) is 12.1 Å².